The van der Waals surface area contributed by atoms with Gasteiger partial charge in [-0.15, -0.1) is 11.3 Å². The topological polar surface area (TPSA) is 23.5 Å². The van der Waals surface area contributed by atoms with Gasteiger partial charge in [-0.25, -0.2) is 0 Å². The number of rotatable bonds is 4. The van der Waals surface area contributed by atoms with Crippen LogP contribution in [0.25, 0.3) is 0 Å². The molecule has 3 heteroatoms. The summed E-state index contributed by atoms with van der Waals surface area (Å²) in [4.78, 5) is 2.98. The summed E-state index contributed by atoms with van der Waals surface area (Å²) in [6.07, 6.45) is 0. The molecule has 2 aromatic carbocycles. The third-order valence-corrected chi connectivity index (χ3v) is 4.85. The fourth-order valence-electron chi connectivity index (χ4n) is 2.62. The molecule has 1 atom stereocenters. The standard InChI is InChI=1S/C19H19NOS/c1-20(2)17-12-10-16(11-13-17)19(21,18-9-6-14-22-18)15-7-4-3-5-8-15/h3-14,21H,1-2H3/t19-/m1/s1. The van der Waals surface area contributed by atoms with E-state index in [9.17, 15) is 5.11 Å². The summed E-state index contributed by atoms with van der Waals surface area (Å²) in [5.74, 6) is 0. The van der Waals surface area contributed by atoms with Gasteiger partial charge < -0.3 is 10.0 Å². The van der Waals surface area contributed by atoms with E-state index in [0.29, 0.717) is 0 Å². The first-order chi connectivity index (χ1) is 10.6. The van der Waals surface area contributed by atoms with E-state index in [2.05, 4.69) is 4.90 Å². The Hall–Kier alpha value is -2.10. The van der Waals surface area contributed by atoms with Crippen molar-refractivity contribution in [3.63, 3.8) is 0 Å². The maximum Gasteiger partial charge on any atom is 0.149 e. The largest absolute Gasteiger partial charge is 0.378 e. The van der Waals surface area contributed by atoms with Crippen LogP contribution >= 0.6 is 11.3 Å². The summed E-state index contributed by atoms with van der Waals surface area (Å²) in [7, 11) is 4.02. The monoisotopic (exact) mass is 309 g/mol. The van der Waals surface area contributed by atoms with Crippen molar-refractivity contribution >= 4 is 17.0 Å². The van der Waals surface area contributed by atoms with Gasteiger partial charge in [0.1, 0.15) is 5.60 Å². The Labute approximate surface area is 135 Å². The molecule has 3 aromatic rings. The minimum Gasteiger partial charge on any atom is -0.378 e. The predicted octanol–water partition coefficient (Wildman–Crippen LogP) is 4.10. The first-order valence-corrected chi connectivity index (χ1v) is 8.10. The Bertz CT molecular complexity index is 720. The summed E-state index contributed by atoms with van der Waals surface area (Å²) in [6.45, 7) is 0. The van der Waals surface area contributed by atoms with Crippen LogP contribution in [0.1, 0.15) is 16.0 Å². The van der Waals surface area contributed by atoms with Crippen LogP contribution in [0.3, 0.4) is 0 Å². The van der Waals surface area contributed by atoms with E-state index in [1.807, 2.05) is 86.2 Å². The van der Waals surface area contributed by atoms with Crippen molar-refractivity contribution in [2.24, 2.45) is 0 Å². The molecule has 22 heavy (non-hydrogen) atoms. The van der Waals surface area contributed by atoms with Gasteiger partial charge in [-0.3, -0.25) is 0 Å². The highest BCUT2D eigenvalue weighted by Gasteiger charge is 2.34. The number of thiophene rings is 1. The molecule has 0 aliphatic rings. The minimum atomic E-state index is -1.11. The van der Waals surface area contributed by atoms with Crippen LogP contribution in [0.2, 0.25) is 0 Å². The number of benzene rings is 2. The zero-order valence-corrected chi connectivity index (χ0v) is 13.5. The lowest BCUT2D eigenvalue weighted by Crippen LogP contribution is -2.27. The normalized spacial score (nSPS) is 13.6. The molecule has 112 valence electrons. The highest BCUT2D eigenvalue weighted by Crippen LogP contribution is 2.39. The molecule has 0 aliphatic carbocycles. The van der Waals surface area contributed by atoms with Gasteiger partial charge in [0.05, 0.1) is 0 Å². The summed E-state index contributed by atoms with van der Waals surface area (Å²) in [5.41, 5.74) is 1.77. The second kappa shape index (κ2) is 5.95. The smallest absolute Gasteiger partial charge is 0.149 e. The lowest BCUT2D eigenvalue weighted by atomic mass is 9.85. The van der Waals surface area contributed by atoms with Gasteiger partial charge in [0.2, 0.25) is 0 Å². The molecule has 0 radical (unpaired) electrons. The van der Waals surface area contributed by atoms with E-state index in [4.69, 9.17) is 0 Å². The quantitative estimate of drug-likeness (QED) is 0.784. The van der Waals surface area contributed by atoms with Crippen LogP contribution in [0.15, 0.2) is 72.1 Å². The summed E-state index contributed by atoms with van der Waals surface area (Å²) >= 11 is 1.57. The minimum absolute atomic E-state index is 0.881. The molecule has 3 rings (SSSR count). The van der Waals surface area contributed by atoms with Crippen molar-refractivity contribution in [2.75, 3.05) is 19.0 Å². The van der Waals surface area contributed by atoms with Crippen LogP contribution in [0.5, 0.6) is 0 Å². The number of anilines is 1. The molecular weight excluding hydrogens is 290 g/mol. The summed E-state index contributed by atoms with van der Waals surface area (Å²) in [5, 5.41) is 13.5. The van der Waals surface area contributed by atoms with Crippen LogP contribution < -0.4 is 4.90 Å². The molecule has 0 unspecified atom stereocenters. The molecular formula is C19H19NOS. The van der Waals surface area contributed by atoms with Crippen molar-refractivity contribution in [1.29, 1.82) is 0 Å². The Morgan fingerprint density at radius 1 is 0.818 bits per heavy atom. The number of hydrogen-bond donors (Lipinski definition) is 1. The Balaban J connectivity index is 2.14. The van der Waals surface area contributed by atoms with Crippen LogP contribution in [-0.4, -0.2) is 19.2 Å². The fourth-order valence-corrected chi connectivity index (χ4v) is 3.48. The zero-order valence-electron chi connectivity index (χ0n) is 12.7. The van der Waals surface area contributed by atoms with Crippen molar-refractivity contribution in [1.82, 2.24) is 0 Å². The van der Waals surface area contributed by atoms with Gasteiger partial charge in [0, 0.05) is 24.7 Å². The van der Waals surface area contributed by atoms with E-state index in [-0.39, 0.29) is 0 Å². The van der Waals surface area contributed by atoms with Crippen LogP contribution in [-0.2, 0) is 5.60 Å². The van der Waals surface area contributed by atoms with Crippen molar-refractivity contribution in [3.8, 4) is 0 Å². The Kier molecular flexibility index (Phi) is 4.01. The first-order valence-electron chi connectivity index (χ1n) is 7.22. The van der Waals surface area contributed by atoms with Crippen LogP contribution in [0.4, 0.5) is 5.69 Å². The van der Waals surface area contributed by atoms with E-state index >= 15 is 0 Å². The van der Waals surface area contributed by atoms with Gasteiger partial charge in [0.25, 0.3) is 0 Å². The lowest BCUT2D eigenvalue weighted by Gasteiger charge is -2.29. The molecule has 0 aliphatic heterocycles. The Morgan fingerprint density at radius 3 is 2.00 bits per heavy atom. The lowest BCUT2D eigenvalue weighted by molar-refractivity contribution is 0.129. The van der Waals surface area contributed by atoms with Gasteiger partial charge in [-0.05, 0) is 34.7 Å². The van der Waals surface area contributed by atoms with Gasteiger partial charge in [-0.1, -0.05) is 48.5 Å². The summed E-state index contributed by atoms with van der Waals surface area (Å²) < 4.78 is 0. The second-order valence-corrected chi connectivity index (χ2v) is 6.44. The number of hydrogen-bond acceptors (Lipinski definition) is 3. The fraction of sp³-hybridized carbons (Fsp3) is 0.158. The van der Waals surface area contributed by atoms with Gasteiger partial charge >= 0.3 is 0 Å². The highest BCUT2D eigenvalue weighted by atomic mass is 32.1. The van der Waals surface area contributed by atoms with Crippen LogP contribution in [0, 0.1) is 0 Å². The molecule has 0 fully saturated rings. The molecule has 1 N–H and O–H groups in total. The third-order valence-electron chi connectivity index (χ3n) is 3.87. The zero-order chi connectivity index (χ0) is 15.6. The van der Waals surface area contributed by atoms with E-state index in [1.54, 1.807) is 11.3 Å². The molecule has 0 spiro atoms. The Morgan fingerprint density at radius 2 is 1.45 bits per heavy atom. The second-order valence-electron chi connectivity index (χ2n) is 5.50. The SMILES string of the molecule is CN(C)c1ccc([C@](O)(c2ccccc2)c2cccs2)cc1. The summed E-state index contributed by atoms with van der Waals surface area (Å²) in [6, 6.07) is 21.9. The molecule has 2 nitrogen and oxygen atoms in total. The van der Waals surface area contributed by atoms with Crippen molar-refractivity contribution < 1.29 is 5.11 Å². The molecule has 0 saturated carbocycles. The average molecular weight is 309 g/mol. The molecule has 0 bridgehead atoms. The first kappa shape index (κ1) is 14.8. The van der Waals surface area contributed by atoms with E-state index < -0.39 is 5.60 Å². The maximum atomic E-state index is 11.5. The molecule has 1 heterocycles. The van der Waals surface area contributed by atoms with E-state index in [1.165, 1.54) is 0 Å². The van der Waals surface area contributed by atoms with Gasteiger partial charge in [-0.2, -0.15) is 0 Å². The molecule has 0 amide bonds. The number of nitrogens with zero attached hydrogens (tertiary/aromatic N) is 1. The highest BCUT2D eigenvalue weighted by molar-refractivity contribution is 7.10. The van der Waals surface area contributed by atoms with E-state index in [0.717, 1.165) is 21.7 Å². The third kappa shape index (κ3) is 2.54. The maximum absolute atomic E-state index is 11.5. The average Bonchev–Trinajstić information content (AvgIpc) is 3.10. The molecule has 0 saturated heterocycles. The van der Waals surface area contributed by atoms with Gasteiger partial charge in [0.15, 0.2) is 0 Å². The van der Waals surface area contributed by atoms with Crippen molar-refractivity contribution in [2.45, 2.75) is 5.60 Å². The molecule has 1 aromatic heterocycles. The predicted molar refractivity (Wildman–Crippen MR) is 93.6 cm³/mol. The number of aliphatic hydroxyl groups is 1. The van der Waals surface area contributed by atoms with Crippen molar-refractivity contribution in [3.05, 3.63) is 88.1 Å².